The molecular weight excluding hydrogens is 627 g/mol. The van der Waals surface area contributed by atoms with E-state index in [0.717, 1.165) is 49.4 Å². The van der Waals surface area contributed by atoms with Gasteiger partial charge in [0.05, 0.1) is 12.5 Å². The maximum atomic E-state index is 13.2. The molecule has 1 aliphatic carbocycles. The highest BCUT2D eigenvalue weighted by molar-refractivity contribution is 7.90. The number of halogens is 3. The van der Waals surface area contributed by atoms with Crippen molar-refractivity contribution in [2.45, 2.75) is 49.4 Å². The van der Waals surface area contributed by atoms with E-state index < -0.39 is 50.8 Å². The summed E-state index contributed by atoms with van der Waals surface area (Å²) in [5, 5.41) is 16.6. The number of hydrogen-bond acceptors (Lipinski definition) is 6. The van der Waals surface area contributed by atoms with Crippen LogP contribution in [-0.4, -0.2) is 50.6 Å². The molecule has 0 heterocycles. The molecule has 0 spiro atoms. The van der Waals surface area contributed by atoms with Gasteiger partial charge in [-0.1, -0.05) is 42.5 Å². The normalized spacial score (nSPS) is 14.0. The summed E-state index contributed by atoms with van der Waals surface area (Å²) in [7, 11) is -4.17. The number of urea groups is 1. The van der Waals surface area contributed by atoms with E-state index in [1.54, 1.807) is 12.1 Å². The molecule has 3 aromatic rings. The molecule has 1 atom stereocenters. The SMILES string of the molecule is CS(=O)(=O)c1cc(NC(=O)NC(c2ccc(C(=O)NCCC(=O)O)cc2)c2ccc(C3=CCCCC3)cc2)ccc1OC(F)(F)F. The lowest BCUT2D eigenvalue weighted by Gasteiger charge is -2.22. The molecule has 0 radical (unpaired) electrons. The molecule has 0 aliphatic heterocycles. The van der Waals surface area contributed by atoms with Gasteiger partial charge in [0.1, 0.15) is 10.6 Å². The maximum Gasteiger partial charge on any atom is 0.573 e. The number of sulfone groups is 1. The minimum Gasteiger partial charge on any atom is -0.481 e. The smallest absolute Gasteiger partial charge is 0.481 e. The Hall–Kier alpha value is -4.85. The standard InChI is InChI=1S/C32H32F3N3O7S/c1-46(43,44)27-19-25(15-16-26(27)45-32(33,34)35)37-31(42)38-29(22-9-7-21(8-10-22)20-5-3-2-4-6-20)23-11-13-24(14-12-23)30(41)36-18-17-28(39)40/h5,7-16,19,29H,2-4,6,17-18H2,1H3,(H,36,41)(H,39,40)(H2,37,38,42). The van der Waals surface area contributed by atoms with Crippen molar-refractivity contribution in [1.82, 2.24) is 10.6 Å². The molecule has 0 bridgehead atoms. The quantitative estimate of drug-likeness (QED) is 0.195. The molecule has 14 heteroatoms. The Balaban J connectivity index is 1.59. The van der Waals surface area contributed by atoms with Gasteiger partial charge in [0.25, 0.3) is 5.91 Å². The average Bonchev–Trinajstić information content (AvgIpc) is 3.00. The summed E-state index contributed by atoms with van der Waals surface area (Å²) in [6.07, 6.45) is 1.76. The zero-order chi connectivity index (χ0) is 33.5. The van der Waals surface area contributed by atoms with Gasteiger partial charge < -0.3 is 25.8 Å². The summed E-state index contributed by atoms with van der Waals surface area (Å²) in [5.74, 6) is -2.45. The first-order valence-corrected chi connectivity index (χ1v) is 16.2. The highest BCUT2D eigenvalue weighted by Crippen LogP contribution is 2.33. The van der Waals surface area contributed by atoms with Crippen LogP contribution in [0.25, 0.3) is 5.57 Å². The van der Waals surface area contributed by atoms with Gasteiger partial charge in [-0.15, -0.1) is 13.2 Å². The number of carbonyl (C=O) groups is 3. The minimum absolute atomic E-state index is 0.0482. The van der Waals surface area contributed by atoms with Crippen LogP contribution in [0.5, 0.6) is 5.75 Å². The highest BCUT2D eigenvalue weighted by Gasteiger charge is 2.33. The van der Waals surface area contributed by atoms with Crippen molar-refractivity contribution in [2.75, 3.05) is 18.1 Å². The van der Waals surface area contributed by atoms with Gasteiger partial charge in [-0.3, -0.25) is 9.59 Å². The Kier molecular flexibility index (Phi) is 10.7. The number of ether oxygens (including phenoxy) is 1. The van der Waals surface area contributed by atoms with E-state index in [0.29, 0.717) is 17.4 Å². The van der Waals surface area contributed by atoms with Gasteiger partial charge in [-0.25, -0.2) is 13.2 Å². The number of rotatable bonds is 11. The first-order valence-electron chi connectivity index (χ1n) is 14.3. The van der Waals surface area contributed by atoms with E-state index in [9.17, 15) is 36.0 Å². The van der Waals surface area contributed by atoms with Crippen LogP contribution in [0.1, 0.15) is 65.2 Å². The van der Waals surface area contributed by atoms with Gasteiger partial charge in [0, 0.05) is 24.1 Å². The minimum atomic E-state index is -5.13. The first-order chi connectivity index (χ1) is 21.7. The van der Waals surface area contributed by atoms with Crippen LogP contribution < -0.4 is 20.7 Å². The fourth-order valence-electron chi connectivity index (χ4n) is 4.94. The van der Waals surface area contributed by atoms with Crippen LogP contribution in [0.2, 0.25) is 0 Å². The number of aliphatic carboxylic acids is 1. The number of hydrogen-bond donors (Lipinski definition) is 4. The van der Waals surface area contributed by atoms with Crippen LogP contribution in [0, 0.1) is 0 Å². The lowest BCUT2D eigenvalue weighted by Crippen LogP contribution is -2.33. The van der Waals surface area contributed by atoms with Crippen LogP contribution in [0.15, 0.2) is 77.7 Å². The molecule has 46 heavy (non-hydrogen) atoms. The summed E-state index contributed by atoms with van der Waals surface area (Å²) in [5.41, 5.74) is 3.71. The van der Waals surface area contributed by atoms with E-state index in [4.69, 9.17) is 5.11 Å². The number of allylic oxidation sites excluding steroid dienone is 2. The van der Waals surface area contributed by atoms with Gasteiger partial charge in [0.15, 0.2) is 9.84 Å². The fraction of sp³-hybridized carbons (Fsp3) is 0.281. The lowest BCUT2D eigenvalue weighted by atomic mass is 9.91. The van der Waals surface area contributed by atoms with Crippen LogP contribution >= 0.6 is 0 Å². The second-order valence-corrected chi connectivity index (χ2v) is 12.6. The molecule has 1 aliphatic rings. The molecule has 4 rings (SSSR count). The van der Waals surface area contributed by atoms with Crippen LogP contribution in [-0.2, 0) is 14.6 Å². The summed E-state index contributed by atoms with van der Waals surface area (Å²) in [6, 6.07) is 15.1. The number of anilines is 1. The third-order valence-electron chi connectivity index (χ3n) is 7.14. The Labute approximate surface area is 263 Å². The average molecular weight is 660 g/mol. The van der Waals surface area contributed by atoms with Crippen molar-refractivity contribution in [1.29, 1.82) is 0 Å². The molecule has 0 fully saturated rings. The second-order valence-electron chi connectivity index (χ2n) is 10.6. The Bertz CT molecular complexity index is 1720. The first kappa shape index (κ1) is 34.0. The number of amides is 3. The summed E-state index contributed by atoms with van der Waals surface area (Å²) >= 11 is 0. The summed E-state index contributed by atoms with van der Waals surface area (Å²) in [6.45, 7) is -0.0482. The molecule has 10 nitrogen and oxygen atoms in total. The van der Waals surface area contributed by atoms with Gasteiger partial charge in [0.2, 0.25) is 0 Å². The summed E-state index contributed by atoms with van der Waals surface area (Å²) in [4.78, 5) is 35.6. The van der Waals surface area contributed by atoms with Gasteiger partial charge >= 0.3 is 18.4 Å². The number of carboxylic acids is 1. The molecule has 3 aromatic carbocycles. The number of carbonyl (C=O) groups excluding carboxylic acids is 2. The Morgan fingerprint density at radius 2 is 1.61 bits per heavy atom. The van der Waals surface area contributed by atoms with E-state index in [2.05, 4.69) is 26.8 Å². The monoisotopic (exact) mass is 659 g/mol. The number of benzene rings is 3. The molecular formula is C32H32F3N3O7S. The Morgan fingerprint density at radius 1 is 0.957 bits per heavy atom. The number of nitrogens with one attached hydrogen (secondary N) is 3. The third kappa shape index (κ3) is 9.57. The number of carboxylic acid groups (broad SMARTS) is 1. The summed E-state index contributed by atoms with van der Waals surface area (Å²) < 4.78 is 66.7. The van der Waals surface area contributed by atoms with E-state index in [-0.39, 0.29) is 24.2 Å². The van der Waals surface area contributed by atoms with E-state index in [1.807, 2.05) is 24.3 Å². The second kappa shape index (κ2) is 14.5. The fourth-order valence-corrected chi connectivity index (χ4v) is 5.76. The molecule has 1 unspecified atom stereocenters. The van der Waals surface area contributed by atoms with Crippen molar-refractivity contribution in [3.8, 4) is 5.75 Å². The Morgan fingerprint density at radius 3 is 2.17 bits per heavy atom. The predicted octanol–water partition coefficient (Wildman–Crippen LogP) is 6.06. The van der Waals surface area contributed by atoms with E-state index >= 15 is 0 Å². The molecule has 3 amide bonds. The highest BCUT2D eigenvalue weighted by atomic mass is 32.2. The third-order valence-corrected chi connectivity index (χ3v) is 8.26. The topological polar surface area (TPSA) is 151 Å². The van der Waals surface area contributed by atoms with Crippen molar-refractivity contribution in [3.05, 3.63) is 95.1 Å². The molecule has 4 N–H and O–H groups in total. The van der Waals surface area contributed by atoms with Gasteiger partial charge in [-0.2, -0.15) is 0 Å². The van der Waals surface area contributed by atoms with Crippen LogP contribution in [0.3, 0.4) is 0 Å². The van der Waals surface area contributed by atoms with Crippen LogP contribution in [0.4, 0.5) is 23.7 Å². The maximum absolute atomic E-state index is 13.2. The molecule has 0 saturated carbocycles. The lowest BCUT2D eigenvalue weighted by molar-refractivity contribution is -0.275. The molecule has 0 saturated heterocycles. The molecule has 244 valence electrons. The van der Waals surface area contributed by atoms with Crippen molar-refractivity contribution in [2.24, 2.45) is 0 Å². The van der Waals surface area contributed by atoms with Crippen molar-refractivity contribution < 1.29 is 45.8 Å². The van der Waals surface area contributed by atoms with Crippen molar-refractivity contribution in [3.63, 3.8) is 0 Å². The van der Waals surface area contributed by atoms with Gasteiger partial charge in [-0.05, 0) is 78.3 Å². The largest absolute Gasteiger partial charge is 0.573 e. The zero-order valence-electron chi connectivity index (χ0n) is 24.7. The molecule has 0 aromatic heterocycles. The zero-order valence-corrected chi connectivity index (χ0v) is 25.5. The number of alkyl halides is 3. The van der Waals surface area contributed by atoms with E-state index in [1.165, 1.54) is 17.7 Å². The predicted molar refractivity (Wildman–Crippen MR) is 164 cm³/mol. The van der Waals surface area contributed by atoms with Crippen molar-refractivity contribution >= 4 is 39.0 Å².